The lowest BCUT2D eigenvalue weighted by Crippen LogP contribution is -2.08. The molecule has 0 amide bonds. The highest BCUT2D eigenvalue weighted by Gasteiger charge is 2.34. The van der Waals surface area contributed by atoms with E-state index in [0.717, 1.165) is 19.3 Å². The van der Waals surface area contributed by atoms with E-state index in [2.05, 4.69) is 4.74 Å². The van der Waals surface area contributed by atoms with Crippen molar-refractivity contribution in [1.29, 1.82) is 0 Å². The van der Waals surface area contributed by atoms with Crippen LogP contribution in [0.5, 0.6) is 5.75 Å². The van der Waals surface area contributed by atoms with Crippen LogP contribution >= 0.6 is 0 Å². The highest BCUT2D eigenvalue weighted by atomic mass is 19.4. The summed E-state index contributed by atoms with van der Waals surface area (Å²) in [5.41, 5.74) is 4.51. The maximum atomic E-state index is 12.8. The third-order valence-corrected chi connectivity index (χ3v) is 2.32. The summed E-state index contributed by atoms with van der Waals surface area (Å²) in [6.07, 6.45) is -3.30. The molecule has 0 heterocycles. The molecular weight excluding hydrogens is 250 g/mol. The van der Waals surface area contributed by atoms with Crippen molar-refractivity contribution in [3.05, 3.63) is 41.2 Å². The van der Waals surface area contributed by atoms with Gasteiger partial charge in [-0.2, -0.15) is 13.2 Å². The number of rotatable bonds is 4. The van der Waals surface area contributed by atoms with Gasteiger partial charge in [0.2, 0.25) is 0 Å². The molecule has 100 valence electrons. The molecule has 0 atom stereocenters. The number of hydrogen-bond donors (Lipinski definition) is 1. The summed E-state index contributed by atoms with van der Waals surface area (Å²) < 4.78 is 55.5. The van der Waals surface area contributed by atoms with Crippen LogP contribution in [-0.4, -0.2) is 13.7 Å². The van der Waals surface area contributed by atoms with E-state index in [4.69, 9.17) is 5.73 Å². The molecule has 0 radical (unpaired) electrons. The van der Waals surface area contributed by atoms with Gasteiger partial charge in [-0.25, -0.2) is 4.39 Å². The van der Waals surface area contributed by atoms with Crippen LogP contribution in [0.2, 0.25) is 0 Å². The SMILES string of the molecule is COc1ccc(CC=C(F)CN)cc1C(F)(F)F. The molecule has 1 rings (SSSR count). The molecule has 0 spiro atoms. The normalized spacial score (nSPS) is 12.7. The summed E-state index contributed by atoms with van der Waals surface area (Å²) in [4.78, 5) is 0. The largest absolute Gasteiger partial charge is 0.496 e. The molecule has 2 N–H and O–H groups in total. The second-order valence-corrected chi connectivity index (χ2v) is 3.59. The zero-order chi connectivity index (χ0) is 13.8. The van der Waals surface area contributed by atoms with Gasteiger partial charge >= 0.3 is 6.18 Å². The predicted octanol–water partition coefficient (Wildman–Crippen LogP) is 3.07. The molecule has 0 unspecified atom stereocenters. The molecule has 2 nitrogen and oxygen atoms in total. The van der Waals surface area contributed by atoms with E-state index in [9.17, 15) is 17.6 Å². The van der Waals surface area contributed by atoms with Gasteiger partial charge in [-0.05, 0) is 30.2 Å². The van der Waals surface area contributed by atoms with Gasteiger partial charge < -0.3 is 10.5 Å². The van der Waals surface area contributed by atoms with E-state index in [0.29, 0.717) is 5.56 Å². The molecule has 0 fully saturated rings. The van der Waals surface area contributed by atoms with Gasteiger partial charge in [-0.15, -0.1) is 0 Å². The minimum atomic E-state index is -4.50. The average molecular weight is 263 g/mol. The topological polar surface area (TPSA) is 35.2 Å². The summed E-state index contributed by atoms with van der Waals surface area (Å²) in [6.45, 7) is -0.262. The minimum Gasteiger partial charge on any atom is -0.496 e. The Morgan fingerprint density at radius 3 is 2.56 bits per heavy atom. The van der Waals surface area contributed by atoms with Gasteiger partial charge in [0.05, 0.1) is 12.7 Å². The van der Waals surface area contributed by atoms with Crippen molar-refractivity contribution in [2.24, 2.45) is 5.73 Å². The number of nitrogens with two attached hydrogens (primary N) is 1. The van der Waals surface area contributed by atoms with Crippen LogP contribution < -0.4 is 10.5 Å². The zero-order valence-electron chi connectivity index (χ0n) is 9.72. The second kappa shape index (κ2) is 5.86. The summed E-state index contributed by atoms with van der Waals surface area (Å²) in [7, 11) is 1.16. The lowest BCUT2D eigenvalue weighted by molar-refractivity contribution is -0.138. The fourth-order valence-electron chi connectivity index (χ4n) is 1.42. The van der Waals surface area contributed by atoms with E-state index < -0.39 is 17.6 Å². The smallest absolute Gasteiger partial charge is 0.419 e. The zero-order valence-corrected chi connectivity index (χ0v) is 9.72. The van der Waals surface area contributed by atoms with Crippen LogP contribution in [0.4, 0.5) is 17.6 Å². The number of methoxy groups -OCH3 is 1. The molecule has 0 aliphatic carbocycles. The van der Waals surface area contributed by atoms with Gasteiger partial charge in [0.1, 0.15) is 11.6 Å². The fraction of sp³-hybridized carbons (Fsp3) is 0.333. The predicted molar refractivity (Wildman–Crippen MR) is 59.9 cm³/mol. The first-order chi connectivity index (χ1) is 8.38. The van der Waals surface area contributed by atoms with Crippen LogP contribution in [0.1, 0.15) is 11.1 Å². The molecule has 1 aromatic rings. The quantitative estimate of drug-likeness (QED) is 0.847. The van der Waals surface area contributed by atoms with Gasteiger partial charge in [-0.1, -0.05) is 6.07 Å². The number of ether oxygens (including phenoxy) is 1. The van der Waals surface area contributed by atoms with Crippen LogP contribution in [0.3, 0.4) is 0 Å². The van der Waals surface area contributed by atoms with E-state index in [1.807, 2.05) is 0 Å². The van der Waals surface area contributed by atoms with Crippen LogP contribution in [0, 0.1) is 0 Å². The average Bonchev–Trinajstić information content (AvgIpc) is 2.34. The summed E-state index contributed by atoms with van der Waals surface area (Å²) in [5.74, 6) is -0.811. The Kier molecular flexibility index (Phi) is 4.72. The highest BCUT2D eigenvalue weighted by molar-refractivity contribution is 5.40. The van der Waals surface area contributed by atoms with Gasteiger partial charge in [0.15, 0.2) is 0 Å². The van der Waals surface area contributed by atoms with E-state index >= 15 is 0 Å². The summed E-state index contributed by atoms with van der Waals surface area (Å²) >= 11 is 0. The Balaban J connectivity index is 3.04. The standard InChI is InChI=1S/C12H13F4NO/c1-18-11-5-3-8(2-4-9(13)7-17)6-10(11)12(14,15)16/h3-6H,2,7,17H2,1H3. The van der Waals surface area contributed by atoms with E-state index in [1.165, 1.54) is 12.1 Å². The first kappa shape index (κ1) is 14.5. The Morgan fingerprint density at radius 1 is 1.39 bits per heavy atom. The first-order valence-electron chi connectivity index (χ1n) is 5.17. The third-order valence-electron chi connectivity index (χ3n) is 2.32. The lowest BCUT2D eigenvalue weighted by Gasteiger charge is -2.12. The Bertz CT molecular complexity index is 440. The summed E-state index contributed by atoms with van der Waals surface area (Å²) in [5, 5.41) is 0. The lowest BCUT2D eigenvalue weighted by atomic mass is 10.1. The number of allylic oxidation sites excluding steroid dienone is 1. The maximum Gasteiger partial charge on any atom is 0.419 e. The van der Waals surface area contributed by atoms with Crippen molar-refractivity contribution in [1.82, 2.24) is 0 Å². The summed E-state index contributed by atoms with van der Waals surface area (Å²) in [6, 6.07) is 3.61. The molecule has 18 heavy (non-hydrogen) atoms. The third kappa shape index (κ3) is 3.73. The van der Waals surface area contributed by atoms with Crippen molar-refractivity contribution in [3.8, 4) is 5.75 Å². The molecule has 0 saturated heterocycles. The fourth-order valence-corrected chi connectivity index (χ4v) is 1.42. The molecule has 0 saturated carbocycles. The molecule has 0 aliphatic rings. The number of alkyl halides is 3. The second-order valence-electron chi connectivity index (χ2n) is 3.59. The number of hydrogen-bond acceptors (Lipinski definition) is 2. The molecule has 0 bridgehead atoms. The Labute approximate surface area is 102 Å². The monoisotopic (exact) mass is 263 g/mol. The van der Waals surface area contributed by atoms with Crippen LogP contribution in [-0.2, 0) is 12.6 Å². The van der Waals surface area contributed by atoms with Gasteiger partial charge in [0, 0.05) is 6.54 Å². The molecule has 0 aliphatic heterocycles. The molecule has 0 aromatic heterocycles. The Morgan fingerprint density at radius 2 is 2.06 bits per heavy atom. The van der Waals surface area contributed by atoms with Crippen molar-refractivity contribution >= 4 is 0 Å². The maximum absolute atomic E-state index is 12.8. The highest BCUT2D eigenvalue weighted by Crippen LogP contribution is 2.36. The van der Waals surface area contributed by atoms with E-state index in [1.54, 1.807) is 0 Å². The minimum absolute atomic E-state index is 0.0517. The van der Waals surface area contributed by atoms with Crippen molar-refractivity contribution in [3.63, 3.8) is 0 Å². The first-order valence-corrected chi connectivity index (χ1v) is 5.17. The van der Waals surface area contributed by atoms with E-state index in [-0.39, 0.29) is 18.7 Å². The number of benzene rings is 1. The Hall–Kier alpha value is -1.56. The molecule has 6 heteroatoms. The molecule has 1 aromatic carbocycles. The van der Waals surface area contributed by atoms with Crippen molar-refractivity contribution < 1.29 is 22.3 Å². The van der Waals surface area contributed by atoms with Crippen LogP contribution in [0.15, 0.2) is 30.1 Å². The van der Waals surface area contributed by atoms with Crippen molar-refractivity contribution in [2.75, 3.05) is 13.7 Å². The number of halogens is 4. The molecular formula is C12H13F4NO. The van der Waals surface area contributed by atoms with Gasteiger partial charge in [-0.3, -0.25) is 0 Å². The van der Waals surface area contributed by atoms with Gasteiger partial charge in [0.25, 0.3) is 0 Å². The van der Waals surface area contributed by atoms with Crippen LogP contribution in [0.25, 0.3) is 0 Å². The van der Waals surface area contributed by atoms with Crippen molar-refractivity contribution in [2.45, 2.75) is 12.6 Å².